The van der Waals surface area contributed by atoms with Crippen LogP contribution in [-0.4, -0.2) is 21.0 Å². The summed E-state index contributed by atoms with van der Waals surface area (Å²) in [6, 6.07) is 0. The first kappa shape index (κ1) is 6.93. The molecule has 0 saturated heterocycles. The van der Waals surface area contributed by atoms with Crippen molar-refractivity contribution in [3.05, 3.63) is 0 Å². The minimum absolute atomic E-state index is 0.819. The van der Waals surface area contributed by atoms with Gasteiger partial charge in [-0.3, -0.25) is 0 Å². The number of hydrogen-bond acceptors (Lipinski definition) is 1. The molecule has 0 saturated carbocycles. The summed E-state index contributed by atoms with van der Waals surface area (Å²) in [5, 5.41) is 0. The Labute approximate surface area is 46.4 Å². The predicted octanol–water partition coefficient (Wildman–Crippen LogP) is 0.238. The summed E-state index contributed by atoms with van der Waals surface area (Å²) in [5.74, 6) is 0. The first-order valence-corrected chi connectivity index (χ1v) is 2.64. The molecule has 0 bridgehead atoms. The standard InChI is InChI=1S/C4H10B2O/c1-2-3-4-7-6-5/h5H,2-4H2,1H3. The molecular weight excluding hydrogens is 85.7 g/mol. The molecule has 0 aromatic carbocycles. The average Bonchev–Trinajstić information content (AvgIpc) is 1.69. The van der Waals surface area contributed by atoms with Crippen molar-refractivity contribution in [2.45, 2.75) is 19.8 Å². The van der Waals surface area contributed by atoms with Gasteiger partial charge in [0, 0.05) is 0 Å². The van der Waals surface area contributed by atoms with Crippen LogP contribution in [0.5, 0.6) is 0 Å². The zero-order valence-corrected chi connectivity index (χ0v) is 4.81. The molecule has 0 N–H and O–H groups in total. The number of hydrogen-bond donors (Lipinski definition) is 0. The van der Waals surface area contributed by atoms with Gasteiger partial charge in [-0.05, 0) is 0 Å². The van der Waals surface area contributed by atoms with Crippen molar-refractivity contribution in [2.75, 3.05) is 6.61 Å². The third-order valence-electron chi connectivity index (χ3n) is 0.734. The van der Waals surface area contributed by atoms with Crippen molar-refractivity contribution in [1.82, 2.24) is 0 Å². The average molecular weight is 95.7 g/mol. The Morgan fingerprint density at radius 1 is 1.71 bits per heavy atom. The Kier molecular flexibility index (Phi) is 5.87. The van der Waals surface area contributed by atoms with Crippen LogP contribution in [-0.2, 0) is 4.65 Å². The van der Waals surface area contributed by atoms with E-state index >= 15 is 0 Å². The van der Waals surface area contributed by atoms with Gasteiger partial charge in [-0.2, -0.15) is 0 Å². The predicted molar refractivity (Wildman–Crippen MR) is 33.8 cm³/mol. The van der Waals surface area contributed by atoms with E-state index in [0.717, 1.165) is 13.0 Å². The first-order valence-electron chi connectivity index (χ1n) is 2.64. The quantitative estimate of drug-likeness (QED) is 0.359. The number of unbranched alkanes of at least 4 members (excludes halogenated alkanes) is 1. The van der Waals surface area contributed by atoms with Gasteiger partial charge in [-0.1, -0.05) is 0 Å². The fourth-order valence-corrected chi connectivity index (χ4v) is 0.311. The summed E-state index contributed by atoms with van der Waals surface area (Å²) in [7, 11) is 4.89. The summed E-state index contributed by atoms with van der Waals surface area (Å²) < 4.78 is 4.84. The Morgan fingerprint density at radius 3 is 2.86 bits per heavy atom. The van der Waals surface area contributed by atoms with Crippen LogP contribution in [0.15, 0.2) is 0 Å². The summed E-state index contributed by atoms with van der Waals surface area (Å²) in [6.45, 7) is 2.95. The second kappa shape index (κ2) is 5.93. The monoisotopic (exact) mass is 96.1 g/mol. The van der Waals surface area contributed by atoms with Gasteiger partial charge in [0.15, 0.2) is 0 Å². The van der Waals surface area contributed by atoms with E-state index in [-0.39, 0.29) is 0 Å². The molecule has 0 amide bonds. The molecule has 0 fully saturated rings. The van der Waals surface area contributed by atoms with Crippen molar-refractivity contribution >= 4 is 14.4 Å². The normalized spacial score (nSPS) is 7.43. The van der Waals surface area contributed by atoms with Gasteiger partial charge in [-0.15, -0.1) is 0 Å². The zero-order valence-electron chi connectivity index (χ0n) is 4.81. The topological polar surface area (TPSA) is 9.23 Å². The molecule has 1 nitrogen and oxygen atoms in total. The van der Waals surface area contributed by atoms with E-state index in [9.17, 15) is 0 Å². The fourth-order valence-electron chi connectivity index (χ4n) is 0.311. The Balaban J connectivity index is 2.56. The number of rotatable bonds is 4. The van der Waals surface area contributed by atoms with Crippen molar-refractivity contribution < 1.29 is 4.65 Å². The third-order valence-corrected chi connectivity index (χ3v) is 0.734. The van der Waals surface area contributed by atoms with E-state index in [1.165, 1.54) is 13.4 Å². The molecule has 0 aliphatic carbocycles. The maximum atomic E-state index is 4.84. The molecule has 38 valence electrons. The molecule has 0 rings (SSSR count). The Morgan fingerprint density at radius 2 is 2.43 bits per heavy atom. The molecule has 0 heterocycles. The molecule has 0 aliphatic rings. The summed E-state index contributed by atoms with van der Waals surface area (Å²) >= 11 is 0. The van der Waals surface area contributed by atoms with E-state index in [1.807, 2.05) is 0 Å². The molecule has 7 heavy (non-hydrogen) atoms. The van der Waals surface area contributed by atoms with Gasteiger partial charge in [0.25, 0.3) is 0 Å². The van der Waals surface area contributed by atoms with Crippen molar-refractivity contribution in [2.24, 2.45) is 0 Å². The molecule has 0 unspecified atom stereocenters. The third kappa shape index (κ3) is 5.93. The van der Waals surface area contributed by atoms with Gasteiger partial charge < -0.3 is 0 Å². The van der Waals surface area contributed by atoms with Crippen molar-refractivity contribution in [3.8, 4) is 0 Å². The van der Waals surface area contributed by atoms with Gasteiger partial charge >= 0.3 is 45.4 Å². The van der Waals surface area contributed by atoms with E-state index in [4.69, 9.17) is 4.65 Å². The van der Waals surface area contributed by atoms with Crippen LogP contribution in [0, 0.1) is 0 Å². The van der Waals surface area contributed by atoms with Crippen LogP contribution in [0.1, 0.15) is 19.8 Å². The first-order chi connectivity index (χ1) is 3.41. The molecular formula is C4H10B2O. The molecule has 0 aromatic rings. The molecule has 0 aliphatic heterocycles. The van der Waals surface area contributed by atoms with Crippen LogP contribution < -0.4 is 0 Å². The molecule has 0 atom stereocenters. The van der Waals surface area contributed by atoms with E-state index in [1.54, 1.807) is 0 Å². The minimum atomic E-state index is 0.819. The van der Waals surface area contributed by atoms with Gasteiger partial charge in [0.05, 0.1) is 0 Å². The Bertz CT molecular complexity index is 47.0. The Hall–Kier alpha value is -0.0701. The SMILES string of the molecule is B=BOCCCC. The van der Waals surface area contributed by atoms with Crippen LogP contribution in [0.25, 0.3) is 0 Å². The van der Waals surface area contributed by atoms with Crippen molar-refractivity contribution in [3.63, 3.8) is 0 Å². The summed E-state index contributed by atoms with van der Waals surface area (Å²) in [4.78, 5) is 0. The molecule has 3 heteroatoms. The second-order valence-corrected chi connectivity index (χ2v) is 1.39. The molecule has 0 radical (unpaired) electrons. The zero-order chi connectivity index (χ0) is 5.54. The van der Waals surface area contributed by atoms with Crippen LogP contribution in [0.4, 0.5) is 0 Å². The summed E-state index contributed by atoms with van der Waals surface area (Å²) in [6.07, 6.45) is 2.32. The summed E-state index contributed by atoms with van der Waals surface area (Å²) in [5.41, 5.74) is 0. The van der Waals surface area contributed by atoms with E-state index < -0.39 is 0 Å². The van der Waals surface area contributed by atoms with Crippen LogP contribution in [0.3, 0.4) is 0 Å². The molecule has 0 aromatic heterocycles. The van der Waals surface area contributed by atoms with Crippen molar-refractivity contribution in [1.29, 1.82) is 0 Å². The maximum absolute atomic E-state index is 4.84. The second-order valence-electron chi connectivity index (χ2n) is 1.39. The van der Waals surface area contributed by atoms with Gasteiger partial charge in [0.2, 0.25) is 0 Å². The van der Waals surface area contributed by atoms with Crippen LogP contribution in [0.2, 0.25) is 0 Å². The molecule has 0 spiro atoms. The van der Waals surface area contributed by atoms with Crippen LogP contribution >= 0.6 is 0 Å². The van der Waals surface area contributed by atoms with Gasteiger partial charge in [-0.25, -0.2) is 0 Å². The van der Waals surface area contributed by atoms with E-state index in [0.29, 0.717) is 0 Å². The fraction of sp³-hybridized carbons (Fsp3) is 1.00. The van der Waals surface area contributed by atoms with Gasteiger partial charge in [0.1, 0.15) is 0 Å². The van der Waals surface area contributed by atoms with E-state index in [2.05, 4.69) is 14.3 Å².